The Hall–Kier alpha value is -1.85. The average Bonchev–Trinajstić information content (AvgIpc) is 3.05. The Morgan fingerprint density at radius 3 is 2.62 bits per heavy atom. The molecule has 1 N–H and O–H groups in total. The summed E-state index contributed by atoms with van der Waals surface area (Å²) in [6, 6.07) is 0. The molecule has 1 saturated carbocycles. The van der Waals surface area contributed by atoms with E-state index in [1.54, 1.807) is 7.05 Å². The van der Waals surface area contributed by atoms with Crippen LogP contribution in [0.4, 0.5) is 0 Å². The fraction of sp³-hybridized carbons (Fsp3) is 0.500. The van der Waals surface area contributed by atoms with Gasteiger partial charge in [0.15, 0.2) is 5.69 Å². The summed E-state index contributed by atoms with van der Waals surface area (Å²) in [5.74, 6) is -0.708. The van der Waals surface area contributed by atoms with Crippen LogP contribution in [-0.2, 0) is 7.05 Å². The van der Waals surface area contributed by atoms with E-state index in [0.717, 1.165) is 12.8 Å². The molecular weight excluding hydrogens is 212 g/mol. The number of carboxylic acid groups (broad SMARTS) is 1. The van der Waals surface area contributed by atoms with E-state index in [1.807, 2.05) is 0 Å². The van der Waals surface area contributed by atoms with Crippen molar-refractivity contribution in [2.75, 3.05) is 7.11 Å². The summed E-state index contributed by atoms with van der Waals surface area (Å²) in [7, 11) is 2.85. The van der Waals surface area contributed by atoms with Crippen molar-refractivity contribution in [1.82, 2.24) is 9.55 Å². The molecule has 6 nitrogen and oxygen atoms in total. The Bertz CT molecular complexity index is 502. The van der Waals surface area contributed by atoms with Crippen molar-refractivity contribution in [2.45, 2.75) is 18.8 Å². The first-order valence-electron chi connectivity index (χ1n) is 4.94. The van der Waals surface area contributed by atoms with Crippen LogP contribution in [0.3, 0.4) is 0 Å². The highest BCUT2D eigenvalue weighted by Gasteiger charge is 2.31. The normalized spacial score (nSPS) is 14.9. The third-order valence-corrected chi connectivity index (χ3v) is 2.63. The fourth-order valence-corrected chi connectivity index (χ4v) is 1.63. The van der Waals surface area contributed by atoms with E-state index >= 15 is 0 Å². The zero-order valence-corrected chi connectivity index (χ0v) is 9.06. The van der Waals surface area contributed by atoms with Crippen LogP contribution < -0.4 is 10.3 Å². The number of carbonyl (C=O) groups is 1. The molecule has 0 amide bonds. The maximum Gasteiger partial charge on any atom is 0.358 e. The maximum atomic E-state index is 11.8. The molecule has 1 heterocycles. The molecule has 0 radical (unpaired) electrons. The van der Waals surface area contributed by atoms with Crippen molar-refractivity contribution in [3.63, 3.8) is 0 Å². The molecule has 0 aliphatic heterocycles. The first-order chi connectivity index (χ1) is 7.56. The summed E-state index contributed by atoms with van der Waals surface area (Å²) in [5.41, 5.74) is -0.746. The number of nitrogens with zero attached hydrogens (tertiary/aromatic N) is 2. The molecule has 0 bridgehead atoms. The highest BCUT2D eigenvalue weighted by molar-refractivity contribution is 5.88. The molecule has 0 spiro atoms. The van der Waals surface area contributed by atoms with Gasteiger partial charge in [-0.1, -0.05) is 0 Å². The first-order valence-corrected chi connectivity index (χ1v) is 4.94. The van der Waals surface area contributed by atoms with Crippen molar-refractivity contribution >= 4 is 5.97 Å². The minimum Gasteiger partial charge on any atom is -0.489 e. The second-order valence-electron chi connectivity index (χ2n) is 3.80. The number of rotatable bonds is 3. The summed E-state index contributed by atoms with van der Waals surface area (Å²) < 4.78 is 6.16. The summed E-state index contributed by atoms with van der Waals surface area (Å²) in [5, 5.41) is 8.95. The Morgan fingerprint density at radius 2 is 2.19 bits per heavy atom. The predicted octanol–water partition coefficient (Wildman–Crippen LogP) is 0.365. The number of methoxy groups -OCH3 is 1. The van der Waals surface area contributed by atoms with E-state index in [-0.39, 0.29) is 17.4 Å². The number of hydrogen-bond acceptors (Lipinski definition) is 4. The molecule has 16 heavy (non-hydrogen) atoms. The van der Waals surface area contributed by atoms with E-state index in [2.05, 4.69) is 4.98 Å². The van der Waals surface area contributed by atoms with Gasteiger partial charge >= 0.3 is 5.97 Å². The Morgan fingerprint density at radius 1 is 1.56 bits per heavy atom. The molecule has 0 aromatic carbocycles. The average molecular weight is 224 g/mol. The van der Waals surface area contributed by atoms with Gasteiger partial charge in [0.1, 0.15) is 5.82 Å². The largest absolute Gasteiger partial charge is 0.489 e. The highest BCUT2D eigenvalue weighted by Crippen LogP contribution is 2.38. The molecule has 0 atom stereocenters. The zero-order valence-electron chi connectivity index (χ0n) is 9.06. The summed E-state index contributed by atoms with van der Waals surface area (Å²) in [6.45, 7) is 0. The molecule has 6 heteroatoms. The van der Waals surface area contributed by atoms with Crippen LogP contribution in [0.15, 0.2) is 4.79 Å². The maximum absolute atomic E-state index is 11.8. The van der Waals surface area contributed by atoms with E-state index < -0.39 is 11.5 Å². The van der Waals surface area contributed by atoms with Crippen LogP contribution >= 0.6 is 0 Å². The number of hydrogen-bond donors (Lipinski definition) is 1. The lowest BCUT2D eigenvalue weighted by molar-refractivity contribution is 0.0685. The smallest absolute Gasteiger partial charge is 0.358 e. The van der Waals surface area contributed by atoms with Gasteiger partial charge in [0, 0.05) is 13.0 Å². The van der Waals surface area contributed by atoms with Gasteiger partial charge in [0.2, 0.25) is 5.75 Å². The van der Waals surface area contributed by atoms with Gasteiger partial charge in [-0.25, -0.2) is 9.78 Å². The van der Waals surface area contributed by atoms with Crippen LogP contribution in [0.1, 0.15) is 35.1 Å². The minimum atomic E-state index is -1.24. The van der Waals surface area contributed by atoms with Gasteiger partial charge in [0.25, 0.3) is 5.56 Å². The molecule has 1 aromatic heterocycles. The standard InChI is InChI=1S/C10H12N2O4/c1-12-8(5-3-4-5)11-6(10(14)15)7(16-2)9(12)13/h5H,3-4H2,1-2H3,(H,14,15). The molecular formula is C10H12N2O4. The molecule has 1 aliphatic carbocycles. The van der Waals surface area contributed by atoms with Crippen molar-refractivity contribution < 1.29 is 14.6 Å². The number of ether oxygens (including phenoxy) is 1. The SMILES string of the molecule is COc1c(C(=O)O)nc(C2CC2)n(C)c1=O. The summed E-state index contributed by atoms with van der Waals surface area (Å²) in [4.78, 5) is 26.8. The van der Waals surface area contributed by atoms with Crippen LogP contribution in [0.5, 0.6) is 5.75 Å². The Balaban J connectivity index is 2.68. The highest BCUT2D eigenvalue weighted by atomic mass is 16.5. The molecule has 1 aromatic rings. The van der Waals surface area contributed by atoms with Crippen LogP contribution in [0.2, 0.25) is 0 Å². The van der Waals surface area contributed by atoms with Crippen molar-refractivity contribution in [3.05, 3.63) is 21.9 Å². The van der Waals surface area contributed by atoms with E-state index in [0.29, 0.717) is 5.82 Å². The third kappa shape index (κ3) is 1.56. The summed E-state index contributed by atoms with van der Waals surface area (Å²) in [6.07, 6.45) is 1.90. The lowest BCUT2D eigenvalue weighted by atomic mass is 10.3. The van der Waals surface area contributed by atoms with Crippen molar-refractivity contribution in [2.24, 2.45) is 7.05 Å². The lowest BCUT2D eigenvalue weighted by Gasteiger charge is -2.10. The Labute approximate surface area is 91.5 Å². The van der Waals surface area contributed by atoms with Gasteiger partial charge in [0.05, 0.1) is 7.11 Å². The second kappa shape index (κ2) is 3.62. The van der Waals surface area contributed by atoms with Crippen LogP contribution in [-0.4, -0.2) is 27.7 Å². The number of aromatic carboxylic acids is 1. The predicted molar refractivity (Wildman–Crippen MR) is 55.0 cm³/mol. The van der Waals surface area contributed by atoms with Gasteiger partial charge in [-0.3, -0.25) is 9.36 Å². The lowest BCUT2D eigenvalue weighted by Crippen LogP contribution is -2.26. The summed E-state index contributed by atoms with van der Waals surface area (Å²) >= 11 is 0. The molecule has 86 valence electrons. The quantitative estimate of drug-likeness (QED) is 0.801. The number of carboxylic acids is 1. The van der Waals surface area contributed by atoms with Crippen molar-refractivity contribution in [3.8, 4) is 5.75 Å². The van der Waals surface area contributed by atoms with Crippen LogP contribution in [0, 0.1) is 0 Å². The topological polar surface area (TPSA) is 81.4 Å². The van der Waals surface area contributed by atoms with Gasteiger partial charge < -0.3 is 9.84 Å². The minimum absolute atomic E-state index is 0.209. The first kappa shape index (κ1) is 10.7. The van der Waals surface area contributed by atoms with Crippen LogP contribution in [0.25, 0.3) is 0 Å². The van der Waals surface area contributed by atoms with Gasteiger partial charge in [-0.05, 0) is 12.8 Å². The Kier molecular flexibility index (Phi) is 2.41. The monoisotopic (exact) mass is 224 g/mol. The molecule has 1 aliphatic rings. The molecule has 0 unspecified atom stereocenters. The molecule has 2 rings (SSSR count). The third-order valence-electron chi connectivity index (χ3n) is 2.63. The van der Waals surface area contributed by atoms with Crippen molar-refractivity contribution in [1.29, 1.82) is 0 Å². The second-order valence-corrected chi connectivity index (χ2v) is 3.80. The number of aromatic nitrogens is 2. The molecule has 1 fully saturated rings. The fourth-order valence-electron chi connectivity index (χ4n) is 1.63. The zero-order chi connectivity index (χ0) is 11.9. The van der Waals surface area contributed by atoms with E-state index in [4.69, 9.17) is 9.84 Å². The van der Waals surface area contributed by atoms with E-state index in [1.165, 1.54) is 11.7 Å². The van der Waals surface area contributed by atoms with E-state index in [9.17, 15) is 9.59 Å². The van der Waals surface area contributed by atoms with Gasteiger partial charge in [-0.2, -0.15) is 0 Å². The molecule has 0 saturated heterocycles. The van der Waals surface area contributed by atoms with Gasteiger partial charge in [-0.15, -0.1) is 0 Å².